The summed E-state index contributed by atoms with van der Waals surface area (Å²) in [6.07, 6.45) is 9.88. The van der Waals surface area contributed by atoms with Crippen molar-refractivity contribution >= 4 is 55.5 Å². The number of aliphatic imine (C=N–C) groups is 1. The summed E-state index contributed by atoms with van der Waals surface area (Å²) in [7, 11) is 1.64. The van der Waals surface area contributed by atoms with E-state index in [0.717, 1.165) is 87.9 Å². The summed E-state index contributed by atoms with van der Waals surface area (Å²) < 4.78 is 19.7. The summed E-state index contributed by atoms with van der Waals surface area (Å²) in [5.41, 5.74) is 7.89. The molecule has 9 aromatic rings. The van der Waals surface area contributed by atoms with E-state index < -0.39 is 0 Å². The fraction of sp³-hybridized carbons (Fsp3) is 0.152. The third kappa shape index (κ3) is 7.00. The number of unbranched alkanes of at least 4 members (excludes halogenated alkanes) is 3. The molecule has 4 heterocycles. The standard InChI is InChI=1S/C46H38N6O3/c1-53-35-19-15-32(16-20-35)45-50-51-46(55-45)33-17-21-36(22-18-33)54-27-7-3-2-6-26-52-41-13-5-4-11-37(41)39-28-31(14-23-42(39)52)30-49-40-29-34-10-8-24-47-43(34)44-38(40)12-9-25-48-44/h4-5,8-25,28-30H,2-3,6-7,26-27H2,1H3. The normalized spacial score (nSPS) is 11.7. The van der Waals surface area contributed by atoms with Crippen LogP contribution in [0.2, 0.25) is 0 Å². The van der Waals surface area contributed by atoms with Crippen LogP contribution in [0.4, 0.5) is 5.69 Å². The molecule has 270 valence electrons. The molecule has 0 N–H and O–H groups in total. The number of pyridine rings is 2. The molecule has 55 heavy (non-hydrogen) atoms. The van der Waals surface area contributed by atoms with E-state index in [9.17, 15) is 0 Å². The lowest BCUT2D eigenvalue weighted by Crippen LogP contribution is -2.00. The summed E-state index contributed by atoms with van der Waals surface area (Å²) in [4.78, 5) is 14.2. The maximum atomic E-state index is 6.06. The van der Waals surface area contributed by atoms with Crippen LogP contribution in [0.15, 0.2) is 143 Å². The topological polar surface area (TPSA) is 100 Å². The van der Waals surface area contributed by atoms with E-state index in [4.69, 9.17) is 18.9 Å². The molecule has 0 aliphatic carbocycles. The SMILES string of the molecule is COc1ccc(-c2nnc(-c3ccc(OCCCCCCn4c5ccccc5c5cc(C=Nc6cc7cccnc7c7ncccc67)ccc54)cc3)o2)cc1. The van der Waals surface area contributed by atoms with Crippen molar-refractivity contribution in [1.82, 2.24) is 24.7 Å². The van der Waals surface area contributed by atoms with Crippen molar-refractivity contribution in [2.75, 3.05) is 13.7 Å². The van der Waals surface area contributed by atoms with E-state index in [2.05, 4.69) is 85.4 Å². The Bertz CT molecular complexity index is 2790. The van der Waals surface area contributed by atoms with Crippen molar-refractivity contribution in [1.29, 1.82) is 0 Å². The maximum absolute atomic E-state index is 6.06. The maximum Gasteiger partial charge on any atom is 0.248 e. The molecule has 0 spiro atoms. The van der Waals surface area contributed by atoms with Crippen molar-refractivity contribution in [2.45, 2.75) is 32.2 Å². The number of para-hydroxylation sites is 1. The summed E-state index contributed by atoms with van der Waals surface area (Å²) in [6, 6.07) is 40.8. The van der Waals surface area contributed by atoms with Crippen molar-refractivity contribution < 1.29 is 13.9 Å². The number of rotatable bonds is 13. The third-order valence-electron chi connectivity index (χ3n) is 10.00. The smallest absolute Gasteiger partial charge is 0.248 e. The fourth-order valence-electron chi connectivity index (χ4n) is 7.20. The zero-order valence-corrected chi connectivity index (χ0v) is 30.4. The van der Waals surface area contributed by atoms with Crippen LogP contribution >= 0.6 is 0 Å². The number of ether oxygens (including phenoxy) is 2. The number of hydrogen-bond donors (Lipinski definition) is 0. The zero-order chi connectivity index (χ0) is 37.0. The van der Waals surface area contributed by atoms with Crippen LogP contribution in [0, 0.1) is 0 Å². The summed E-state index contributed by atoms with van der Waals surface area (Å²) in [5, 5.41) is 13.0. The molecule has 0 fully saturated rings. The van der Waals surface area contributed by atoms with Crippen molar-refractivity contribution in [3.8, 4) is 34.4 Å². The first-order chi connectivity index (χ1) is 27.2. The second-order valence-electron chi connectivity index (χ2n) is 13.5. The van der Waals surface area contributed by atoms with Gasteiger partial charge >= 0.3 is 0 Å². The van der Waals surface area contributed by atoms with Gasteiger partial charge in [0.15, 0.2) is 0 Å². The van der Waals surface area contributed by atoms with Gasteiger partial charge in [-0.3, -0.25) is 15.0 Å². The van der Waals surface area contributed by atoms with Gasteiger partial charge in [0, 0.05) is 68.9 Å². The van der Waals surface area contributed by atoms with E-state index in [1.165, 1.54) is 21.8 Å². The van der Waals surface area contributed by atoms with Crippen LogP contribution < -0.4 is 9.47 Å². The molecule has 0 atom stereocenters. The molecule has 0 aliphatic heterocycles. The van der Waals surface area contributed by atoms with Crippen molar-refractivity contribution in [3.63, 3.8) is 0 Å². The van der Waals surface area contributed by atoms with Gasteiger partial charge in [-0.25, -0.2) is 0 Å². The number of methoxy groups -OCH3 is 1. The first kappa shape index (κ1) is 33.9. The molecule has 0 saturated carbocycles. The minimum absolute atomic E-state index is 0.467. The number of hydrogen-bond acceptors (Lipinski definition) is 8. The number of benzene rings is 5. The van der Waals surface area contributed by atoms with Gasteiger partial charge < -0.3 is 18.5 Å². The Hall–Kier alpha value is -6.87. The lowest BCUT2D eigenvalue weighted by atomic mass is 10.1. The molecule has 0 saturated heterocycles. The highest BCUT2D eigenvalue weighted by Crippen LogP contribution is 2.33. The summed E-state index contributed by atoms with van der Waals surface area (Å²) in [5.74, 6) is 2.54. The van der Waals surface area contributed by atoms with Crippen molar-refractivity contribution in [3.05, 3.63) is 139 Å². The number of nitrogens with zero attached hydrogens (tertiary/aromatic N) is 6. The Morgan fingerprint density at radius 1 is 0.636 bits per heavy atom. The predicted molar refractivity (Wildman–Crippen MR) is 219 cm³/mol. The van der Waals surface area contributed by atoms with Crippen LogP contribution in [0.1, 0.15) is 31.2 Å². The molecule has 0 aliphatic rings. The predicted octanol–water partition coefficient (Wildman–Crippen LogP) is 11.0. The largest absolute Gasteiger partial charge is 0.497 e. The van der Waals surface area contributed by atoms with Gasteiger partial charge in [-0.05, 0) is 109 Å². The van der Waals surface area contributed by atoms with Gasteiger partial charge in [0.1, 0.15) is 11.5 Å². The van der Waals surface area contributed by atoms with Crippen LogP contribution in [0.3, 0.4) is 0 Å². The van der Waals surface area contributed by atoms with Crippen LogP contribution in [0.5, 0.6) is 11.5 Å². The molecule has 0 bridgehead atoms. The lowest BCUT2D eigenvalue weighted by molar-refractivity contribution is 0.304. The molecule has 0 radical (unpaired) electrons. The second kappa shape index (κ2) is 15.2. The van der Waals surface area contributed by atoms with Gasteiger partial charge in [-0.1, -0.05) is 43.2 Å². The number of aryl methyl sites for hydroxylation is 1. The molecule has 0 amide bonds. The monoisotopic (exact) mass is 722 g/mol. The van der Waals surface area contributed by atoms with Gasteiger partial charge in [0.2, 0.25) is 11.8 Å². The quantitative estimate of drug-likeness (QED) is 0.0663. The van der Waals surface area contributed by atoms with Crippen molar-refractivity contribution in [2.24, 2.45) is 4.99 Å². The van der Waals surface area contributed by atoms with E-state index >= 15 is 0 Å². The van der Waals surface area contributed by atoms with Gasteiger partial charge in [-0.15, -0.1) is 10.2 Å². The van der Waals surface area contributed by atoms with Gasteiger partial charge in [-0.2, -0.15) is 0 Å². The first-order valence-corrected chi connectivity index (χ1v) is 18.6. The highest BCUT2D eigenvalue weighted by Gasteiger charge is 2.13. The third-order valence-corrected chi connectivity index (χ3v) is 10.00. The van der Waals surface area contributed by atoms with E-state index in [0.29, 0.717) is 18.4 Å². The van der Waals surface area contributed by atoms with Crippen LogP contribution in [-0.2, 0) is 6.54 Å². The fourth-order valence-corrected chi connectivity index (χ4v) is 7.20. The Kier molecular flexibility index (Phi) is 9.40. The molecule has 9 rings (SSSR count). The number of fused-ring (bicyclic) bond motifs is 6. The minimum Gasteiger partial charge on any atom is -0.497 e. The van der Waals surface area contributed by atoms with E-state index in [-0.39, 0.29) is 0 Å². The first-order valence-electron chi connectivity index (χ1n) is 18.6. The lowest BCUT2D eigenvalue weighted by Gasteiger charge is -2.09. The average molecular weight is 723 g/mol. The molecule has 9 nitrogen and oxygen atoms in total. The van der Waals surface area contributed by atoms with Crippen LogP contribution in [0.25, 0.3) is 66.5 Å². The summed E-state index contributed by atoms with van der Waals surface area (Å²) >= 11 is 0. The molecular formula is C46H38N6O3. The van der Waals surface area contributed by atoms with Gasteiger partial charge in [0.05, 0.1) is 30.4 Å². The molecular weight excluding hydrogens is 685 g/mol. The molecule has 5 aromatic carbocycles. The summed E-state index contributed by atoms with van der Waals surface area (Å²) in [6.45, 7) is 1.63. The molecule has 0 unspecified atom stereocenters. The highest BCUT2D eigenvalue weighted by molar-refractivity contribution is 6.11. The van der Waals surface area contributed by atoms with Crippen LogP contribution in [-0.4, -0.2) is 44.7 Å². The molecule has 4 aromatic heterocycles. The average Bonchev–Trinajstić information content (AvgIpc) is 3.86. The molecule has 9 heteroatoms. The van der Waals surface area contributed by atoms with E-state index in [1.807, 2.05) is 79.3 Å². The highest BCUT2D eigenvalue weighted by atomic mass is 16.5. The second-order valence-corrected chi connectivity index (χ2v) is 13.5. The van der Waals surface area contributed by atoms with Gasteiger partial charge in [0.25, 0.3) is 0 Å². The minimum atomic E-state index is 0.467. The Morgan fingerprint density at radius 2 is 1.33 bits per heavy atom. The number of aromatic nitrogens is 5. The Labute approximate surface area is 317 Å². The Balaban J connectivity index is 0.804. The van der Waals surface area contributed by atoms with E-state index in [1.54, 1.807) is 7.11 Å². The Morgan fingerprint density at radius 3 is 2.13 bits per heavy atom. The zero-order valence-electron chi connectivity index (χ0n) is 30.4.